The molecule has 0 atom stereocenters. The van der Waals surface area contributed by atoms with Gasteiger partial charge in [0.25, 0.3) is 0 Å². The van der Waals surface area contributed by atoms with Gasteiger partial charge in [-0.2, -0.15) is 0 Å². The van der Waals surface area contributed by atoms with Crippen LogP contribution in [0.2, 0.25) is 0 Å². The number of rotatable bonds is 0. The zero-order valence-corrected chi connectivity index (χ0v) is 26.4. The van der Waals surface area contributed by atoms with Crippen molar-refractivity contribution in [2.75, 3.05) is 0 Å². The molecule has 30 heavy (non-hydrogen) atoms. The fourth-order valence-electron chi connectivity index (χ4n) is 0. The molecule has 0 radical (unpaired) electrons. The van der Waals surface area contributed by atoms with Crippen molar-refractivity contribution in [2.24, 2.45) is 0 Å². The number of hydrogen-bond acceptors (Lipinski definition) is 20. The Hall–Kier alpha value is 3.81. The van der Waals surface area contributed by atoms with E-state index in [1.807, 2.05) is 0 Å². The van der Waals surface area contributed by atoms with Crippen molar-refractivity contribution in [3.8, 4) is 0 Å². The SMILES string of the molecule is O.[Al+3].[Al+3].[Ca+2].[Ca+2].[O]=[Cr](=[O])([O-])[O-].[O]=[Cr](=[O])([O-])[O-].[O]=[Cr](=[O])([O-])[O-].[O]=[Cr](=[O])([O-])[O-].[O]=[Cr](=[O])([O-])[O-]. The van der Waals surface area contributed by atoms with Gasteiger partial charge in [-0.1, -0.05) is 0 Å². The van der Waals surface area contributed by atoms with Crippen LogP contribution in [0.3, 0.4) is 0 Å². The second kappa shape index (κ2) is 29.0. The summed E-state index contributed by atoms with van der Waals surface area (Å²) >= 11 is -28.8. The molecule has 0 aromatic carbocycles. The van der Waals surface area contributed by atoms with Crippen LogP contribution in [-0.4, -0.2) is 116 Å². The Kier molecular flexibility index (Phi) is 62.1. The molecule has 0 saturated heterocycles. The van der Waals surface area contributed by atoms with Gasteiger partial charge in [0.1, 0.15) is 0 Å². The molecule has 168 valence electrons. The Bertz CT molecular complexity index is 630. The van der Waals surface area contributed by atoms with Crippen LogP contribution in [0.25, 0.3) is 0 Å². The minimum atomic E-state index is -5.75. The molecule has 0 bridgehead atoms. The molecule has 0 aliphatic carbocycles. The van der Waals surface area contributed by atoms with E-state index in [0.29, 0.717) is 0 Å². The van der Waals surface area contributed by atoms with Gasteiger partial charge < -0.3 is 5.48 Å². The number of hydrogen-bond donors (Lipinski definition) is 0. The van der Waals surface area contributed by atoms with Crippen molar-refractivity contribution >= 4 is 110 Å². The molecule has 0 unspecified atom stereocenters. The second-order valence-electron chi connectivity index (χ2n) is 2.04. The van der Waals surface area contributed by atoms with E-state index in [1.165, 1.54) is 0 Å². The van der Waals surface area contributed by atoms with Crippen LogP contribution in [0.5, 0.6) is 0 Å². The van der Waals surface area contributed by atoms with Crippen molar-refractivity contribution in [1.29, 1.82) is 0 Å². The molecule has 21 nitrogen and oxygen atoms in total. The molecule has 0 heterocycles. The van der Waals surface area contributed by atoms with E-state index < -0.39 is 68.1 Å². The predicted octanol–water partition coefficient (Wildman–Crippen LogP) is -15.4. The van der Waals surface area contributed by atoms with Crippen LogP contribution in [0.4, 0.5) is 0 Å². The van der Waals surface area contributed by atoms with Crippen molar-refractivity contribution < 1.29 is 153 Å². The molecule has 30 heteroatoms. The first-order valence-electron chi connectivity index (χ1n) is 3.33. The summed E-state index contributed by atoms with van der Waals surface area (Å²) in [6.07, 6.45) is 0. The summed E-state index contributed by atoms with van der Waals surface area (Å²) in [5.74, 6) is 0. The fourth-order valence-corrected chi connectivity index (χ4v) is 0. The van der Waals surface area contributed by atoms with Gasteiger partial charge in [0, 0.05) is 0 Å². The van der Waals surface area contributed by atoms with Crippen LogP contribution in [0, 0.1) is 0 Å². The Morgan fingerprint density at radius 3 is 0.300 bits per heavy atom. The molecular weight excluding hydrogens is 730 g/mol. The van der Waals surface area contributed by atoms with Crippen LogP contribution in [-0.2, 0) is 106 Å². The van der Waals surface area contributed by atoms with Gasteiger partial charge in [0.15, 0.2) is 0 Å². The second-order valence-corrected chi connectivity index (χ2v) is 8.42. The zero-order valence-electron chi connectivity index (χ0n) is 13.3. The van der Waals surface area contributed by atoms with Crippen LogP contribution in [0.15, 0.2) is 0 Å². The van der Waals surface area contributed by atoms with Gasteiger partial charge in [-0.3, -0.25) is 0 Å². The van der Waals surface area contributed by atoms with Gasteiger partial charge in [-0.15, -0.1) is 0 Å². The van der Waals surface area contributed by atoms with E-state index in [2.05, 4.69) is 0 Å². The van der Waals surface area contributed by atoms with E-state index in [9.17, 15) is 0 Å². The predicted molar refractivity (Wildman–Crippen MR) is 33.5 cm³/mol. The Morgan fingerprint density at radius 2 is 0.300 bits per heavy atom. The van der Waals surface area contributed by atoms with E-state index >= 15 is 0 Å². The molecule has 0 rings (SSSR count). The van der Waals surface area contributed by atoms with Crippen molar-refractivity contribution in [3.63, 3.8) is 0 Å². The maximum absolute atomic E-state index is 8.59. The average Bonchev–Trinajstić information content (AvgIpc) is 1.79. The molecule has 0 aromatic heterocycles. The first-order chi connectivity index (χ1) is 10.0. The molecule has 0 aliphatic heterocycles. The van der Waals surface area contributed by atoms with E-state index in [-0.39, 0.29) is 116 Å². The van der Waals surface area contributed by atoms with Gasteiger partial charge >= 0.3 is 258 Å². The molecule has 0 aromatic rings. The topological polar surface area (TPSA) is 433 Å². The zero-order chi connectivity index (χ0) is 22.5. The van der Waals surface area contributed by atoms with Crippen molar-refractivity contribution in [1.82, 2.24) is 0 Å². The summed E-state index contributed by atoms with van der Waals surface area (Å²) < 4.78 is 172. The molecule has 0 fully saturated rings. The molecule has 2 N–H and O–H groups in total. The van der Waals surface area contributed by atoms with Crippen LogP contribution < -0.4 is 41.6 Å². The quantitative estimate of drug-likeness (QED) is 0.209. The summed E-state index contributed by atoms with van der Waals surface area (Å²) in [6, 6.07) is 0. The average molecular weight is 732 g/mol. The maximum atomic E-state index is 8.59. The Morgan fingerprint density at radius 1 is 0.300 bits per heavy atom. The Labute approximate surface area is 258 Å². The summed E-state index contributed by atoms with van der Waals surface area (Å²) in [4.78, 5) is 0. The van der Waals surface area contributed by atoms with Crippen molar-refractivity contribution in [2.45, 2.75) is 0 Å². The third-order valence-electron chi connectivity index (χ3n) is 0. The fraction of sp³-hybridized carbons (Fsp3) is 0. The summed E-state index contributed by atoms with van der Waals surface area (Å²) in [6.45, 7) is 0. The van der Waals surface area contributed by atoms with Crippen LogP contribution in [0.1, 0.15) is 0 Å². The first-order valence-corrected chi connectivity index (χ1v) is 13.7. The summed E-state index contributed by atoms with van der Waals surface area (Å²) in [5, 5.41) is 0. The van der Waals surface area contributed by atoms with E-state index in [1.54, 1.807) is 0 Å². The van der Waals surface area contributed by atoms with Gasteiger partial charge in [0.05, 0.1) is 0 Å². The van der Waals surface area contributed by atoms with Crippen LogP contribution >= 0.6 is 0 Å². The third kappa shape index (κ3) is 2080. The van der Waals surface area contributed by atoms with Crippen molar-refractivity contribution in [3.05, 3.63) is 0 Å². The normalized spacial score (nSPS) is 9.67. The van der Waals surface area contributed by atoms with Gasteiger partial charge in [0.2, 0.25) is 0 Å². The molecule has 0 aliphatic rings. The van der Waals surface area contributed by atoms with E-state index in [4.69, 9.17) is 79.6 Å². The molecular formula is H2Al2Ca2Cr5O21. The van der Waals surface area contributed by atoms with Gasteiger partial charge in [-0.25, -0.2) is 0 Å². The Balaban J connectivity index is -0.0000000200. The summed E-state index contributed by atoms with van der Waals surface area (Å²) in [5.41, 5.74) is 0. The summed E-state index contributed by atoms with van der Waals surface area (Å²) in [7, 11) is 0. The molecule has 0 spiro atoms. The van der Waals surface area contributed by atoms with Gasteiger partial charge in [-0.05, 0) is 0 Å². The monoisotopic (exact) mass is 731 g/mol. The minimum absolute atomic E-state index is 0. The molecule has 0 amide bonds. The third-order valence-corrected chi connectivity index (χ3v) is 0. The standard InChI is InChI=1S/2Al.2Ca.5Cr.H2O.20O/h;;;;;;;;;1H2;;;;;;;;;;;;;;;;;;;;/q2*+3;2*+2;;;;;;;;;;;;;;;;;10*-1. The first kappa shape index (κ1) is 64.2. The molecule has 0 saturated carbocycles. The van der Waals surface area contributed by atoms with E-state index in [0.717, 1.165) is 0 Å².